The third-order valence-corrected chi connectivity index (χ3v) is 5.95. The van der Waals surface area contributed by atoms with E-state index in [0.717, 1.165) is 5.69 Å². The maximum atomic E-state index is 12.4. The summed E-state index contributed by atoms with van der Waals surface area (Å²) in [5.41, 5.74) is 1.66. The quantitative estimate of drug-likeness (QED) is 0.192. The molecule has 0 aliphatic heterocycles. The van der Waals surface area contributed by atoms with E-state index in [-0.39, 0.29) is 17.2 Å². The van der Waals surface area contributed by atoms with Crippen LogP contribution in [0.2, 0.25) is 0 Å². The van der Waals surface area contributed by atoms with Crippen LogP contribution in [0.1, 0.15) is 15.9 Å². The molecule has 1 aromatic heterocycles. The summed E-state index contributed by atoms with van der Waals surface area (Å²) in [6.45, 7) is 1.64. The number of nitro benzene ring substituents is 1. The van der Waals surface area contributed by atoms with Crippen LogP contribution in [-0.2, 0) is 0 Å². The van der Waals surface area contributed by atoms with Crippen LogP contribution in [0.4, 0.5) is 5.69 Å². The topological polar surface area (TPSA) is 78.0 Å². The zero-order chi connectivity index (χ0) is 18.7. The van der Waals surface area contributed by atoms with Crippen molar-refractivity contribution in [3.63, 3.8) is 0 Å². The van der Waals surface area contributed by atoms with Gasteiger partial charge in [-0.2, -0.15) is 0 Å². The fraction of sp³-hybridized carbons (Fsp3) is 0.118. The third-order valence-electron chi connectivity index (χ3n) is 3.58. The van der Waals surface area contributed by atoms with Gasteiger partial charge >= 0.3 is 0 Å². The number of thioether (sulfide) groups is 1. The fourth-order valence-corrected chi connectivity index (χ4v) is 4.50. The molecule has 3 aromatic rings. The van der Waals surface area contributed by atoms with E-state index in [2.05, 4.69) is 5.10 Å². The molecule has 0 N–H and O–H groups in total. The Hall–Kier alpha value is -2.36. The lowest BCUT2D eigenvalue weighted by Gasteiger charge is -2.02. The van der Waals surface area contributed by atoms with Crippen molar-refractivity contribution >= 4 is 46.8 Å². The molecule has 0 radical (unpaired) electrons. The molecule has 0 saturated carbocycles. The lowest BCUT2D eigenvalue weighted by molar-refractivity contribution is -0.385. The van der Waals surface area contributed by atoms with Gasteiger partial charge in [0, 0.05) is 17.2 Å². The SMILES string of the molecule is Cc1ccc(C(=O)CSc2nn(-c3ccccc3)c(=S)s2)cc1[N+](=O)[O-]. The number of hydrogen-bond donors (Lipinski definition) is 0. The molecule has 9 heteroatoms. The van der Waals surface area contributed by atoms with Crippen molar-refractivity contribution in [3.05, 3.63) is 73.7 Å². The Morgan fingerprint density at radius 1 is 1.31 bits per heavy atom. The van der Waals surface area contributed by atoms with Crippen molar-refractivity contribution in [1.82, 2.24) is 9.78 Å². The van der Waals surface area contributed by atoms with E-state index in [4.69, 9.17) is 12.2 Å². The number of nitrogens with zero attached hydrogens (tertiary/aromatic N) is 3. The van der Waals surface area contributed by atoms with Gasteiger partial charge in [0.1, 0.15) is 0 Å². The number of benzene rings is 2. The van der Waals surface area contributed by atoms with Gasteiger partial charge in [0.15, 0.2) is 14.1 Å². The Bertz CT molecular complexity index is 1030. The summed E-state index contributed by atoms with van der Waals surface area (Å²) in [5.74, 6) is -0.0532. The zero-order valence-electron chi connectivity index (χ0n) is 13.6. The number of carbonyl (C=O) groups excluding carboxylic acids is 1. The molecule has 0 fully saturated rings. The van der Waals surface area contributed by atoms with Crippen LogP contribution in [0.25, 0.3) is 5.69 Å². The van der Waals surface area contributed by atoms with Crippen LogP contribution < -0.4 is 0 Å². The molecule has 1 heterocycles. The number of ketones is 1. The molecule has 0 aliphatic carbocycles. The molecule has 6 nitrogen and oxygen atoms in total. The number of rotatable bonds is 6. The number of aromatic nitrogens is 2. The highest BCUT2D eigenvalue weighted by Crippen LogP contribution is 2.26. The predicted octanol–water partition coefficient (Wildman–Crippen LogP) is 4.85. The highest BCUT2D eigenvalue weighted by atomic mass is 32.2. The molecular formula is C17H13N3O3S3. The van der Waals surface area contributed by atoms with Crippen LogP contribution >= 0.6 is 35.3 Å². The monoisotopic (exact) mass is 403 g/mol. The van der Waals surface area contributed by atoms with E-state index >= 15 is 0 Å². The summed E-state index contributed by atoms with van der Waals surface area (Å²) in [5, 5.41) is 15.5. The Kier molecular flexibility index (Phi) is 5.60. The number of para-hydroxylation sites is 1. The minimum absolute atomic E-state index is 0.0511. The number of nitro groups is 1. The lowest BCUT2D eigenvalue weighted by atomic mass is 10.1. The molecule has 0 atom stereocenters. The standard InChI is InChI=1S/C17H13N3O3S3/c1-11-7-8-12(9-14(11)20(22)23)15(21)10-25-16-18-19(17(24)26-16)13-5-3-2-4-6-13/h2-9H,10H2,1H3. The summed E-state index contributed by atoms with van der Waals surface area (Å²) in [7, 11) is 0. The molecule has 0 amide bonds. The number of hydrogen-bond acceptors (Lipinski definition) is 7. The van der Waals surface area contributed by atoms with Crippen LogP contribution in [0.5, 0.6) is 0 Å². The van der Waals surface area contributed by atoms with Crippen LogP contribution in [0.3, 0.4) is 0 Å². The average molecular weight is 404 g/mol. The Morgan fingerprint density at radius 2 is 2.04 bits per heavy atom. The summed E-state index contributed by atoms with van der Waals surface area (Å²) in [6.07, 6.45) is 0. The third kappa shape index (κ3) is 4.06. The van der Waals surface area contributed by atoms with Crippen molar-refractivity contribution in [2.75, 3.05) is 5.75 Å². The Balaban J connectivity index is 1.74. The fourth-order valence-electron chi connectivity index (χ4n) is 2.24. The first-order valence-corrected chi connectivity index (χ1v) is 9.73. The lowest BCUT2D eigenvalue weighted by Crippen LogP contribution is -2.04. The second kappa shape index (κ2) is 7.90. The van der Waals surface area contributed by atoms with E-state index in [1.165, 1.54) is 29.2 Å². The predicted molar refractivity (Wildman–Crippen MR) is 105 cm³/mol. The van der Waals surface area contributed by atoms with Gasteiger partial charge in [-0.05, 0) is 31.3 Å². The molecule has 0 spiro atoms. The molecule has 0 aliphatic rings. The van der Waals surface area contributed by atoms with Crippen molar-refractivity contribution in [1.29, 1.82) is 0 Å². The second-order valence-electron chi connectivity index (χ2n) is 5.35. The number of Topliss-reactive ketones (excluding diaryl/α,β-unsaturated/α-hetero) is 1. The number of aryl methyl sites for hydroxylation is 1. The van der Waals surface area contributed by atoms with Crippen LogP contribution in [0.15, 0.2) is 52.9 Å². The van der Waals surface area contributed by atoms with Crippen molar-refractivity contribution in [3.8, 4) is 5.69 Å². The van der Waals surface area contributed by atoms with Gasteiger partial charge in [0.2, 0.25) is 0 Å². The maximum Gasteiger partial charge on any atom is 0.273 e. The molecule has 0 unspecified atom stereocenters. The van der Waals surface area contributed by atoms with E-state index < -0.39 is 4.92 Å². The van der Waals surface area contributed by atoms with Crippen LogP contribution in [0, 0.1) is 21.0 Å². The Morgan fingerprint density at radius 3 is 2.73 bits per heavy atom. The van der Waals surface area contributed by atoms with Crippen molar-refractivity contribution in [2.45, 2.75) is 11.3 Å². The summed E-state index contributed by atoms with van der Waals surface area (Å²) >= 11 is 7.93. The molecule has 26 heavy (non-hydrogen) atoms. The van der Waals surface area contributed by atoms with Gasteiger partial charge in [-0.25, -0.2) is 4.68 Å². The van der Waals surface area contributed by atoms with Gasteiger partial charge in [-0.3, -0.25) is 14.9 Å². The smallest absolute Gasteiger partial charge is 0.273 e. The molecule has 0 bridgehead atoms. The zero-order valence-corrected chi connectivity index (χ0v) is 16.1. The van der Waals surface area contributed by atoms with Gasteiger partial charge in [-0.1, -0.05) is 53.4 Å². The van der Waals surface area contributed by atoms with Crippen LogP contribution in [-0.4, -0.2) is 26.2 Å². The summed E-state index contributed by atoms with van der Waals surface area (Å²) in [6, 6.07) is 14.0. The summed E-state index contributed by atoms with van der Waals surface area (Å²) in [4.78, 5) is 22.9. The molecular weight excluding hydrogens is 390 g/mol. The van der Waals surface area contributed by atoms with E-state index in [0.29, 0.717) is 19.4 Å². The van der Waals surface area contributed by atoms with Gasteiger partial charge < -0.3 is 0 Å². The summed E-state index contributed by atoms with van der Waals surface area (Å²) < 4.78 is 2.93. The van der Waals surface area contributed by atoms with Crippen molar-refractivity contribution in [2.24, 2.45) is 0 Å². The first-order chi connectivity index (χ1) is 12.5. The maximum absolute atomic E-state index is 12.4. The minimum Gasteiger partial charge on any atom is -0.293 e. The van der Waals surface area contributed by atoms with E-state index in [1.54, 1.807) is 23.7 Å². The molecule has 0 saturated heterocycles. The van der Waals surface area contributed by atoms with E-state index in [1.807, 2.05) is 30.3 Å². The number of carbonyl (C=O) groups is 1. The highest BCUT2D eigenvalue weighted by molar-refractivity contribution is 8.01. The average Bonchev–Trinajstić information content (AvgIpc) is 3.01. The Labute approximate surface area is 162 Å². The van der Waals surface area contributed by atoms with Crippen molar-refractivity contribution < 1.29 is 9.72 Å². The molecule has 132 valence electrons. The van der Waals surface area contributed by atoms with E-state index in [9.17, 15) is 14.9 Å². The minimum atomic E-state index is -0.480. The van der Waals surface area contributed by atoms with Gasteiger partial charge in [0.05, 0.1) is 16.4 Å². The van der Waals surface area contributed by atoms with Gasteiger partial charge in [-0.15, -0.1) is 5.10 Å². The first-order valence-electron chi connectivity index (χ1n) is 7.52. The first kappa shape index (κ1) is 18.4. The largest absolute Gasteiger partial charge is 0.293 e. The molecule has 3 rings (SSSR count). The highest BCUT2D eigenvalue weighted by Gasteiger charge is 2.16. The normalized spacial score (nSPS) is 10.7. The second-order valence-corrected chi connectivity index (χ2v) is 8.20. The molecule has 2 aromatic carbocycles. The van der Waals surface area contributed by atoms with Gasteiger partial charge in [0.25, 0.3) is 5.69 Å².